The highest BCUT2D eigenvalue weighted by Gasteiger charge is 2.14. The summed E-state index contributed by atoms with van der Waals surface area (Å²) in [4.78, 5) is 16.6. The van der Waals surface area contributed by atoms with Crippen LogP contribution in [-0.4, -0.2) is 11.6 Å². The van der Waals surface area contributed by atoms with E-state index in [1.165, 1.54) is 0 Å². The second-order valence-electron chi connectivity index (χ2n) is 3.31. The van der Waals surface area contributed by atoms with Gasteiger partial charge < -0.3 is 5.73 Å². The molecule has 2 heterocycles. The zero-order valence-electron chi connectivity index (χ0n) is 8.08. The van der Waals surface area contributed by atoms with E-state index in [-0.39, 0.29) is 5.78 Å². The van der Waals surface area contributed by atoms with E-state index in [0.29, 0.717) is 17.8 Å². The number of halogens is 1. The van der Waals surface area contributed by atoms with Crippen molar-refractivity contribution in [1.29, 1.82) is 0 Å². The number of Topliss-reactive ketones (excluding diaryl/α,β-unsaturated/α-hetero) is 1. The number of aliphatic imine (C=N–C) groups is 1. The van der Waals surface area contributed by atoms with Gasteiger partial charge in [0.25, 0.3) is 0 Å². The maximum absolute atomic E-state index is 11.3. The van der Waals surface area contributed by atoms with Gasteiger partial charge in [0.2, 0.25) is 0 Å². The van der Waals surface area contributed by atoms with E-state index < -0.39 is 0 Å². The first-order chi connectivity index (χ1) is 7.06. The Hall–Kier alpha value is -0.940. The lowest BCUT2D eigenvalue weighted by Gasteiger charge is -1.99. The Bertz CT molecular complexity index is 488. The number of ketones is 1. The smallest absolute Gasteiger partial charge is 0.156 e. The van der Waals surface area contributed by atoms with Gasteiger partial charge in [0.15, 0.2) is 5.78 Å². The van der Waals surface area contributed by atoms with Gasteiger partial charge in [-0.25, -0.2) is 4.99 Å². The lowest BCUT2D eigenvalue weighted by Crippen LogP contribution is -2.13. The van der Waals surface area contributed by atoms with Crippen molar-refractivity contribution in [2.24, 2.45) is 10.7 Å². The molecular weight excluding hydrogens is 276 g/mol. The average Bonchev–Trinajstić information content (AvgIpc) is 2.37. The van der Waals surface area contributed by atoms with Crippen LogP contribution in [0.4, 0.5) is 5.69 Å². The second-order valence-corrected chi connectivity index (χ2v) is 5.77. The van der Waals surface area contributed by atoms with E-state index in [4.69, 9.17) is 5.73 Å². The van der Waals surface area contributed by atoms with Crippen LogP contribution in [0.15, 0.2) is 20.4 Å². The first-order valence-corrected chi connectivity index (χ1v) is 6.01. The lowest BCUT2D eigenvalue weighted by atomic mass is 10.1. The molecule has 1 aliphatic rings. The Morgan fingerprint density at radius 2 is 2.40 bits per heavy atom. The first kappa shape index (κ1) is 10.6. The minimum absolute atomic E-state index is 0.0468. The van der Waals surface area contributed by atoms with Gasteiger partial charge in [0.1, 0.15) is 5.84 Å². The third kappa shape index (κ3) is 2.18. The molecule has 0 radical (unpaired) electrons. The van der Waals surface area contributed by atoms with Crippen molar-refractivity contribution in [3.63, 3.8) is 0 Å². The van der Waals surface area contributed by atoms with Gasteiger partial charge in [0, 0.05) is 12.0 Å². The van der Waals surface area contributed by atoms with Crippen molar-refractivity contribution in [2.45, 2.75) is 13.3 Å². The Kier molecular flexibility index (Phi) is 2.75. The molecule has 0 unspecified atom stereocenters. The molecule has 1 aromatic heterocycles. The Morgan fingerprint density at radius 1 is 1.67 bits per heavy atom. The van der Waals surface area contributed by atoms with Crippen LogP contribution in [0.5, 0.6) is 0 Å². The monoisotopic (exact) mass is 284 g/mol. The number of carbonyl (C=O) groups excluding carboxylic acids is 1. The molecule has 15 heavy (non-hydrogen) atoms. The Balaban J connectivity index is 2.56. The number of fused-ring (bicyclic) bond motifs is 1. The number of nitrogens with zero attached hydrogens (tertiary/aromatic N) is 1. The molecule has 0 saturated carbocycles. The Morgan fingerprint density at radius 3 is 3.07 bits per heavy atom. The fourth-order valence-electron chi connectivity index (χ4n) is 1.38. The van der Waals surface area contributed by atoms with Crippen LogP contribution in [-0.2, 0) is 4.79 Å². The topological polar surface area (TPSA) is 55.5 Å². The average molecular weight is 285 g/mol. The van der Waals surface area contributed by atoms with E-state index >= 15 is 0 Å². The van der Waals surface area contributed by atoms with Crippen molar-refractivity contribution in [1.82, 2.24) is 0 Å². The first-order valence-electron chi connectivity index (χ1n) is 4.40. The molecular formula is C10H9BrN2OS. The van der Waals surface area contributed by atoms with E-state index in [9.17, 15) is 4.79 Å². The summed E-state index contributed by atoms with van der Waals surface area (Å²) in [5.41, 5.74) is 7.28. The molecule has 1 aromatic rings. The minimum Gasteiger partial charge on any atom is -0.387 e. The second kappa shape index (κ2) is 3.90. The zero-order chi connectivity index (χ0) is 11.0. The predicted octanol–water partition coefficient (Wildman–Crippen LogP) is 2.88. The number of carbonyl (C=O) groups is 1. The number of amidine groups is 1. The van der Waals surface area contributed by atoms with Crippen molar-refractivity contribution < 1.29 is 4.79 Å². The third-order valence-corrected chi connectivity index (χ3v) is 3.68. The van der Waals surface area contributed by atoms with Crippen LogP contribution in [0.25, 0.3) is 6.08 Å². The van der Waals surface area contributed by atoms with Gasteiger partial charge in [-0.2, -0.15) is 0 Å². The van der Waals surface area contributed by atoms with Gasteiger partial charge >= 0.3 is 0 Å². The largest absolute Gasteiger partial charge is 0.387 e. The molecule has 0 atom stereocenters. The molecule has 0 fully saturated rings. The number of hydrogen-bond donors (Lipinski definition) is 1. The number of hydrogen-bond acceptors (Lipinski definition) is 4. The molecule has 2 rings (SSSR count). The van der Waals surface area contributed by atoms with E-state index in [0.717, 1.165) is 14.4 Å². The van der Waals surface area contributed by atoms with Crippen LogP contribution >= 0.6 is 27.3 Å². The van der Waals surface area contributed by atoms with Gasteiger partial charge in [-0.1, -0.05) is 0 Å². The molecule has 2 N–H and O–H groups in total. The number of rotatable bonds is 1. The van der Waals surface area contributed by atoms with Gasteiger partial charge in [-0.05, 0) is 35.0 Å². The molecule has 0 saturated heterocycles. The standard InChI is InChI=1S/C10H9BrN2OS/c1-5(14)6-2-8-7(4-9(11)15-8)13-10(12)3-6/h2,4H,3H2,1H3,(H2,12,13). The fraction of sp³-hybridized carbons (Fsp3) is 0.200. The molecule has 0 aromatic carbocycles. The Labute approximate surface area is 99.8 Å². The summed E-state index contributed by atoms with van der Waals surface area (Å²) in [5, 5.41) is 0. The maximum Gasteiger partial charge on any atom is 0.156 e. The SMILES string of the molecule is CC(=O)C1=Cc2sc(Br)cc2N=C(N)C1. The van der Waals surface area contributed by atoms with Crippen LogP contribution in [0, 0.1) is 0 Å². The van der Waals surface area contributed by atoms with Crippen molar-refractivity contribution in [3.8, 4) is 0 Å². The summed E-state index contributed by atoms with van der Waals surface area (Å²) in [6.07, 6.45) is 2.31. The lowest BCUT2D eigenvalue weighted by molar-refractivity contribution is -0.113. The van der Waals surface area contributed by atoms with Crippen molar-refractivity contribution in [2.75, 3.05) is 0 Å². The van der Waals surface area contributed by atoms with E-state index in [1.54, 1.807) is 18.3 Å². The predicted molar refractivity (Wildman–Crippen MR) is 66.6 cm³/mol. The highest BCUT2D eigenvalue weighted by atomic mass is 79.9. The van der Waals surface area contributed by atoms with Crippen LogP contribution < -0.4 is 5.73 Å². The maximum atomic E-state index is 11.3. The van der Waals surface area contributed by atoms with Crippen LogP contribution in [0.1, 0.15) is 18.2 Å². The molecule has 0 spiro atoms. The van der Waals surface area contributed by atoms with Gasteiger partial charge in [-0.3, -0.25) is 4.79 Å². The quantitative estimate of drug-likeness (QED) is 0.862. The molecule has 0 bridgehead atoms. The summed E-state index contributed by atoms with van der Waals surface area (Å²) in [5.74, 6) is 0.533. The molecule has 78 valence electrons. The van der Waals surface area contributed by atoms with Crippen LogP contribution in [0.3, 0.4) is 0 Å². The molecule has 5 heteroatoms. The summed E-state index contributed by atoms with van der Waals surface area (Å²) in [6.45, 7) is 1.55. The molecule has 1 aliphatic heterocycles. The molecule has 0 aliphatic carbocycles. The van der Waals surface area contributed by atoms with Crippen molar-refractivity contribution in [3.05, 3.63) is 20.3 Å². The highest BCUT2D eigenvalue weighted by molar-refractivity contribution is 9.11. The summed E-state index contributed by atoms with van der Waals surface area (Å²) in [7, 11) is 0. The summed E-state index contributed by atoms with van der Waals surface area (Å²) in [6, 6.07) is 1.91. The normalized spacial score (nSPS) is 15.1. The molecule has 3 nitrogen and oxygen atoms in total. The fourth-order valence-corrected chi connectivity index (χ4v) is 2.91. The zero-order valence-corrected chi connectivity index (χ0v) is 10.5. The van der Waals surface area contributed by atoms with Crippen molar-refractivity contribution >= 4 is 50.6 Å². The third-order valence-electron chi connectivity index (χ3n) is 2.10. The minimum atomic E-state index is 0.0468. The highest BCUT2D eigenvalue weighted by Crippen LogP contribution is 2.36. The number of thiophene rings is 1. The number of nitrogens with two attached hydrogens (primary N) is 1. The van der Waals surface area contributed by atoms with Crippen LogP contribution in [0.2, 0.25) is 0 Å². The summed E-state index contributed by atoms with van der Waals surface area (Å²) >= 11 is 4.94. The van der Waals surface area contributed by atoms with E-state index in [1.807, 2.05) is 12.1 Å². The van der Waals surface area contributed by atoms with Gasteiger partial charge in [-0.15, -0.1) is 11.3 Å². The summed E-state index contributed by atoms with van der Waals surface area (Å²) < 4.78 is 0.991. The molecule has 0 amide bonds. The van der Waals surface area contributed by atoms with Gasteiger partial charge in [0.05, 0.1) is 14.4 Å². The van der Waals surface area contributed by atoms with E-state index in [2.05, 4.69) is 20.9 Å².